The molecule has 0 aromatic heterocycles. The van der Waals surface area contributed by atoms with Crippen LogP contribution in [-0.4, -0.2) is 17.0 Å². The van der Waals surface area contributed by atoms with Crippen LogP contribution in [0.5, 0.6) is 0 Å². The summed E-state index contributed by atoms with van der Waals surface area (Å²) in [6.07, 6.45) is 12.7. The number of fused-ring (bicyclic) bond motifs is 5. The Kier molecular flexibility index (Phi) is 4.82. The first-order valence-corrected chi connectivity index (χ1v) is 11.5. The molecule has 26 heavy (non-hydrogen) atoms. The molecule has 0 aromatic rings. The maximum Gasteiger partial charge on any atom is 0.132 e. The molecular weight excluding hydrogens is 320 g/mol. The molecule has 4 rings (SSSR count). The minimum atomic E-state index is -0.155. The highest BCUT2D eigenvalue weighted by molar-refractivity contribution is 5.78. The Hall–Kier alpha value is -0.370. The standard InChI is InChI=1S/C24H40O2/c1-15(25)17-10-12-23(3)18(14-17)8-9-19-21-7-5-6-20(16(2)26)24(21,4)13-11-22(19)23/h16-22,26H,5-14H2,1-4H3/t16-,17-,18-,19+,20+,21-,22+,23-,24+/m0/s1. The molecule has 0 aromatic carbocycles. The van der Waals surface area contributed by atoms with Crippen molar-refractivity contribution < 1.29 is 9.90 Å². The first kappa shape index (κ1) is 19.0. The van der Waals surface area contributed by atoms with Crippen LogP contribution in [0.3, 0.4) is 0 Å². The van der Waals surface area contributed by atoms with Gasteiger partial charge in [0.2, 0.25) is 0 Å². The summed E-state index contributed by atoms with van der Waals surface area (Å²) in [6, 6.07) is 0. The van der Waals surface area contributed by atoms with Gasteiger partial charge in [0.05, 0.1) is 6.10 Å². The van der Waals surface area contributed by atoms with Crippen molar-refractivity contribution in [1.29, 1.82) is 0 Å². The molecule has 4 aliphatic rings. The Morgan fingerprint density at radius 2 is 1.65 bits per heavy atom. The number of hydrogen-bond acceptors (Lipinski definition) is 2. The number of rotatable bonds is 2. The maximum atomic E-state index is 12.0. The lowest BCUT2D eigenvalue weighted by molar-refractivity contribution is -0.160. The van der Waals surface area contributed by atoms with Crippen LogP contribution in [0.4, 0.5) is 0 Å². The molecule has 2 nitrogen and oxygen atoms in total. The number of hydrogen-bond donors (Lipinski definition) is 1. The van der Waals surface area contributed by atoms with E-state index in [0.29, 0.717) is 28.4 Å². The number of aliphatic hydroxyl groups excluding tert-OH is 1. The molecule has 1 N–H and O–H groups in total. The Balaban J connectivity index is 1.58. The molecule has 0 heterocycles. The van der Waals surface area contributed by atoms with Crippen molar-refractivity contribution in [1.82, 2.24) is 0 Å². The van der Waals surface area contributed by atoms with Gasteiger partial charge in [-0.2, -0.15) is 0 Å². The first-order valence-electron chi connectivity index (χ1n) is 11.5. The lowest BCUT2D eigenvalue weighted by Crippen LogP contribution is -2.57. The molecule has 0 spiro atoms. The van der Waals surface area contributed by atoms with E-state index in [-0.39, 0.29) is 6.10 Å². The third-order valence-electron chi connectivity index (χ3n) is 10.1. The second-order valence-electron chi connectivity index (χ2n) is 11.1. The van der Waals surface area contributed by atoms with E-state index in [1.165, 1.54) is 51.4 Å². The summed E-state index contributed by atoms with van der Waals surface area (Å²) in [5, 5.41) is 10.5. The minimum Gasteiger partial charge on any atom is -0.393 e. The van der Waals surface area contributed by atoms with Gasteiger partial charge in [-0.1, -0.05) is 20.3 Å². The van der Waals surface area contributed by atoms with Gasteiger partial charge < -0.3 is 5.11 Å². The van der Waals surface area contributed by atoms with Gasteiger partial charge in [-0.05, 0) is 112 Å². The van der Waals surface area contributed by atoms with Crippen LogP contribution in [0.1, 0.15) is 91.9 Å². The van der Waals surface area contributed by atoms with E-state index in [4.69, 9.17) is 0 Å². The topological polar surface area (TPSA) is 37.3 Å². The van der Waals surface area contributed by atoms with Gasteiger partial charge in [0, 0.05) is 5.92 Å². The summed E-state index contributed by atoms with van der Waals surface area (Å²) >= 11 is 0. The van der Waals surface area contributed by atoms with Crippen molar-refractivity contribution in [2.75, 3.05) is 0 Å². The summed E-state index contributed by atoms with van der Waals surface area (Å²) in [4.78, 5) is 12.0. The quantitative estimate of drug-likeness (QED) is 0.694. The number of ketones is 1. The highest BCUT2D eigenvalue weighted by atomic mass is 16.3. The average Bonchev–Trinajstić information content (AvgIpc) is 2.59. The zero-order valence-corrected chi connectivity index (χ0v) is 17.5. The Morgan fingerprint density at radius 3 is 2.35 bits per heavy atom. The molecule has 0 amide bonds. The molecule has 148 valence electrons. The predicted molar refractivity (Wildman–Crippen MR) is 106 cm³/mol. The van der Waals surface area contributed by atoms with Crippen LogP contribution in [0, 0.1) is 46.3 Å². The van der Waals surface area contributed by atoms with Gasteiger partial charge in [0.15, 0.2) is 0 Å². The first-order chi connectivity index (χ1) is 12.3. The molecule has 4 aliphatic carbocycles. The highest BCUT2D eigenvalue weighted by Crippen LogP contribution is 2.67. The number of carbonyl (C=O) groups excluding carboxylic acids is 1. The molecule has 0 saturated heterocycles. The Morgan fingerprint density at radius 1 is 0.962 bits per heavy atom. The maximum absolute atomic E-state index is 12.0. The highest BCUT2D eigenvalue weighted by Gasteiger charge is 2.59. The summed E-state index contributed by atoms with van der Waals surface area (Å²) in [7, 11) is 0. The average molecular weight is 361 g/mol. The molecule has 0 radical (unpaired) electrons. The largest absolute Gasteiger partial charge is 0.393 e. The molecular formula is C24H40O2. The Bertz CT molecular complexity index is 554. The van der Waals surface area contributed by atoms with E-state index < -0.39 is 0 Å². The normalized spacial score (nSPS) is 52.3. The van der Waals surface area contributed by atoms with Crippen LogP contribution < -0.4 is 0 Å². The lowest BCUT2D eigenvalue weighted by atomic mass is 9.41. The van der Waals surface area contributed by atoms with E-state index in [0.717, 1.165) is 36.5 Å². The van der Waals surface area contributed by atoms with Gasteiger partial charge in [-0.25, -0.2) is 0 Å². The predicted octanol–water partition coefficient (Wildman–Crippen LogP) is 5.62. The molecule has 0 unspecified atom stereocenters. The van der Waals surface area contributed by atoms with Crippen LogP contribution in [0.25, 0.3) is 0 Å². The lowest BCUT2D eigenvalue weighted by Gasteiger charge is -2.64. The number of carbonyl (C=O) groups is 1. The number of Topliss-reactive ketones (excluding diaryl/α,β-unsaturated/α-hetero) is 1. The summed E-state index contributed by atoms with van der Waals surface area (Å²) in [6.45, 7) is 8.95. The minimum absolute atomic E-state index is 0.155. The van der Waals surface area contributed by atoms with E-state index in [9.17, 15) is 9.90 Å². The van der Waals surface area contributed by atoms with Crippen LogP contribution >= 0.6 is 0 Å². The fraction of sp³-hybridized carbons (Fsp3) is 0.958. The van der Waals surface area contributed by atoms with Gasteiger partial charge >= 0.3 is 0 Å². The molecule has 4 saturated carbocycles. The van der Waals surface area contributed by atoms with Gasteiger partial charge in [0.25, 0.3) is 0 Å². The van der Waals surface area contributed by atoms with E-state index in [1.54, 1.807) is 0 Å². The van der Waals surface area contributed by atoms with Crippen LogP contribution in [-0.2, 0) is 4.79 Å². The SMILES string of the molecule is CC(=O)[C@H]1CC[C@@]2(C)[C@@H](CC[C@H]3[C@H]2CC[C@]2(C)[C@@H]([C@H](C)O)CCC[C@@H]32)C1. The zero-order valence-electron chi connectivity index (χ0n) is 17.5. The van der Waals surface area contributed by atoms with Crippen molar-refractivity contribution in [3.63, 3.8) is 0 Å². The van der Waals surface area contributed by atoms with Gasteiger partial charge in [-0.15, -0.1) is 0 Å². The van der Waals surface area contributed by atoms with Gasteiger partial charge in [-0.3, -0.25) is 4.79 Å². The fourth-order valence-corrected chi connectivity index (χ4v) is 8.66. The van der Waals surface area contributed by atoms with Crippen LogP contribution in [0.2, 0.25) is 0 Å². The van der Waals surface area contributed by atoms with E-state index in [1.807, 2.05) is 13.8 Å². The summed E-state index contributed by atoms with van der Waals surface area (Å²) in [5.41, 5.74) is 0.821. The summed E-state index contributed by atoms with van der Waals surface area (Å²) in [5.74, 6) is 4.58. The second-order valence-corrected chi connectivity index (χ2v) is 11.1. The molecule has 9 atom stereocenters. The second kappa shape index (κ2) is 6.61. The molecule has 0 aliphatic heterocycles. The molecule has 4 fully saturated rings. The van der Waals surface area contributed by atoms with E-state index >= 15 is 0 Å². The smallest absolute Gasteiger partial charge is 0.132 e. The van der Waals surface area contributed by atoms with Crippen molar-refractivity contribution >= 4 is 5.78 Å². The molecule has 2 heteroatoms. The van der Waals surface area contributed by atoms with Crippen molar-refractivity contribution in [2.45, 2.75) is 98.0 Å². The summed E-state index contributed by atoms with van der Waals surface area (Å²) < 4.78 is 0. The van der Waals surface area contributed by atoms with E-state index in [2.05, 4.69) is 13.8 Å². The van der Waals surface area contributed by atoms with Crippen molar-refractivity contribution in [3.8, 4) is 0 Å². The molecule has 0 bridgehead atoms. The third kappa shape index (κ3) is 2.73. The van der Waals surface area contributed by atoms with Crippen LogP contribution in [0.15, 0.2) is 0 Å². The zero-order chi connectivity index (χ0) is 18.7. The monoisotopic (exact) mass is 360 g/mol. The van der Waals surface area contributed by atoms with Crippen molar-refractivity contribution in [2.24, 2.45) is 46.3 Å². The fourth-order valence-electron chi connectivity index (χ4n) is 8.66. The third-order valence-corrected chi connectivity index (χ3v) is 10.1. The Labute approximate surface area is 160 Å². The van der Waals surface area contributed by atoms with Crippen molar-refractivity contribution in [3.05, 3.63) is 0 Å². The van der Waals surface area contributed by atoms with Gasteiger partial charge in [0.1, 0.15) is 5.78 Å². The number of aliphatic hydroxyl groups is 1.